The first-order valence-corrected chi connectivity index (χ1v) is 6.26. The van der Waals surface area contributed by atoms with Crippen molar-refractivity contribution in [1.82, 2.24) is 4.98 Å². The highest BCUT2D eigenvalue weighted by Crippen LogP contribution is 2.27. The lowest BCUT2D eigenvalue weighted by Gasteiger charge is -2.22. The molecule has 0 aliphatic rings. The van der Waals surface area contributed by atoms with Gasteiger partial charge in [0.2, 0.25) is 0 Å². The first-order valence-electron chi connectivity index (χ1n) is 6.26. The van der Waals surface area contributed by atoms with Gasteiger partial charge in [0, 0.05) is 30.2 Å². The third kappa shape index (κ3) is 2.66. The number of fused-ring (bicyclic) bond motifs is 1. The second-order valence-corrected chi connectivity index (χ2v) is 4.29. The number of aliphatic hydroxyl groups excluding tert-OH is 1. The molecule has 3 heteroatoms. The van der Waals surface area contributed by atoms with Gasteiger partial charge in [-0.15, -0.1) is 13.2 Å². The van der Waals surface area contributed by atoms with E-state index < -0.39 is 0 Å². The number of hydrogen-bond acceptors (Lipinski definition) is 3. The topological polar surface area (TPSA) is 36.4 Å². The zero-order valence-electron chi connectivity index (χ0n) is 10.9. The van der Waals surface area contributed by atoms with Gasteiger partial charge >= 0.3 is 0 Å². The average molecular weight is 254 g/mol. The Morgan fingerprint density at radius 1 is 1.11 bits per heavy atom. The van der Waals surface area contributed by atoms with Crippen LogP contribution in [0.5, 0.6) is 0 Å². The summed E-state index contributed by atoms with van der Waals surface area (Å²) in [4.78, 5) is 6.59. The molecule has 0 aliphatic heterocycles. The molecule has 0 unspecified atom stereocenters. The minimum absolute atomic E-state index is 0.00326. The Morgan fingerprint density at radius 2 is 1.74 bits per heavy atom. The number of aromatic nitrogens is 1. The SMILES string of the molecule is C=CCN(CC=C)c1ncc(CO)c2ccccc12. The molecule has 0 amide bonds. The molecule has 1 aromatic heterocycles. The number of aliphatic hydroxyl groups is 1. The van der Waals surface area contributed by atoms with Gasteiger partial charge in [-0.1, -0.05) is 36.4 Å². The average Bonchev–Trinajstić information content (AvgIpc) is 2.46. The van der Waals surface area contributed by atoms with E-state index in [4.69, 9.17) is 0 Å². The molecule has 2 rings (SSSR count). The summed E-state index contributed by atoms with van der Waals surface area (Å²) in [6.45, 7) is 8.97. The zero-order valence-corrected chi connectivity index (χ0v) is 10.9. The molecule has 1 N–H and O–H groups in total. The molecule has 2 aromatic rings. The van der Waals surface area contributed by atoms with Crippen LogP contribution in [0.15, 0.2) is 55.8 Å². The number of rotatable bonds is 6. The van der Waals surface area contributed by atoms with Gasteiger partial charge in [-0.25, -0.2) is 4.98 Å². The molecule has 0 radical (unpaired) electrons. The van der Waals surface area contributed by atoms with Crippen molar-refractivity contribution in [3.05, 3.63) is 61.3 Å². The molecule has 0 atom stereocenters. The summed E-state index contributed by atoms with van der Waals surface area (Å²) < 4.78 is 0. The van der Waals surface area contributed by atoms with E-state index in [-0.39, 0.29) is 6.61 Å². The van der Waals surface area contributed by atoms with Crippen LogP contribution < -0.4 is 4.90 Å². The third-order valence-corrected chi connectivity index (χ3v) is 3.03. The second-order valence-electron chi connectivity index (χ2n) is 4.29. The van der Waals surface area contributed by atoms with Crippen LogP contribution in [0, 0.1) is 0 Å². The van der Waals surface area contributed by atoms with Crippen LogP contribution in [0.1, 0.15) is 5.56 Å². The highest BCUT2D eigenvalue weighted by molar-refractivity contribution is 5.94. The quantitative estimate of drug-likeness (QED) is 0.805. The van der Waals surface area contributed by atoms with Crippen LogP contribution in [0.25, 0.3) is 10.8 Å². The normalized spacial score (nSPS) is 10.4. The largest absolute Gasteiger partial charge is 0.392 e. The summed E-state index contributed by atoms with van der Waals surface area (Å²) in [7, 11) is 0. The van der Waals surface area contributed by atoms with Crippen molar-refractivity contribution in [1.29, 1.82) is 0 Å². The second kappa shape index (κ2) is 6.16. The molecule has 0 saturated carbocycles. The minimum atomic E-state index is -0.00326. The summed E-state index contributed by atoms with van der Waals surface area (Å²) in [5, 5.41) is 11.5. The fourth-order valence-corrected chi connectivity index (χ4v) is 2.17. The minimum Gasteiger partial charge on any atom is -0.392 e. The van der Waals surface area contributed by atoms with E-state index in [0.717, 1.165) is 22.2 Å². The van der Waals surface area contributed by atoms with Gasteiger partial charge in [0.25, 0.3) is 0 Å². The van der Waals surface area contributed by atoms with Crippen molar-refractivity contribution in [3.8, 4) is 0 Å². The Kier molecular flexibility index (Phi) is 4.31. The van der Waals surface area contributed by atoms with E-state index in [1.165, 1.54) is 0 Å². The van der Waals surface area contributed by atoms with Crippen LogP contribution in [0.3, 0.4) is 0 Å². The fourth-order valence-electron chi connectivity index (χ4n) is 2.17. The maximum Gasteiger partial charge on any atom is 0.136 e. The molecule has 3 nitrogen and oxygen atoms in total. The molecule has 0 fully saturated rings. The summed E-state index contributed by atoms with van der Waals surface area (Å²) >= 11 is 0. The van der Waals surface area contributed by atoms with Gasteiger partial charge in [0.15, 0.2) is 0 Å². The predicted molar refractivity (Wildman–Crippen MR) is 80.3 cm³/mol. The van der Waals surface area contributed by atoms with Crippen molar-refractivity contribution in [3.63, 3.8) is 0 Å². The van der Waals surface area contributed by atoms with Crippen molar-refractivity contribution in [2.75, 3.05) is 18.0 Å². The lowest BCUT2D eigenvalue weighted by molar-refractivity contribution is 0.283. The Morgan fingerprint density at radius 3 is 2.32 bits per heavy atom. The third-order valence-electron chi connectivity index (χ3n) is 3.03. The number of hydrogen-bond donors (Lipinski definition) is 1. The molecular formula is C16H18N2O. The first-order chi connectivity index (χ1) is 9.31. The zero-order chi connectivity index (χ0) is 13.7. The van der Waals surface area contributed by atoms with Gasteiger partial charge in [0.05, 0.1) is 6.61 Å². The molecule has 0 aliphatic carbocycles. The molecule has 1 heterocycles. The van der Waals surface area contributed by atoms with Gasteiger partial charge < -0.3 is 10.0 Å². The molecule has 0 spiro atoms. The van der Waals surface area contributed by atoms with Gasteiger partial charge in [-0.05, 0) is 5.39 Å². The Hall–Kier alpha value is -2.13. The molecule has 0 saturated heterocycles. The molecule has 0 bridgehead atoms. The number of benzene rings is 1. The van der Waals surface area contributed by atoms with Gasteiger partial charge in [0.1, 0.15) is 5.82 Å². The smallest absolute Gasteiger partial charge is 0.136 e. The molecule has 98 valence electrons. The van der Waals surface area contributed by atoms with Crippen molar-refractivity contribution in [2.24, 2.45) is 0 Å². The van der Waals surface area contributed by atoms with E-state index in [0.29, 0.717) is 13.1 Å². The van der Waals surface area contributed by atoms with E-state index in [1.54, 1.807) is 6.20 Å². The maximum atomic E-state index is 9.39. The summed E-state index contributed by atoms with van der Waals surface area (Å²) in [6.07, 6.45) is 5.43. The number of anilines is 1. The number of pyridine rings is 1. The van der Waals surface area contributed by atoms with Gasteiger partial charge in [-0.2, -0.15) is 0 Å². The number of nitrogens with zero attached hydrogens (tertiary/aromatic N) is 2. The molecule has 1 aromatic carbocycles. The van der Waals surface area contributed by atoms with Crippen LogP contribution in [0.2, 0.25) is 0 Å². The van der Waals surface area contributed by atoms with E-state index in [9.17, 15) is 5.11 Å². The van der Waals surface area contributed by atoms with Gasteiger partial charge in [-0.3, -0.25) is 0 Å². The van der Waals surface area contributed by atoms with Crippen molar-refractivity contribution < 1.29 is 5.11 Å². The van der Waals surface area contributed by atoms with Crippen LogP contribution >= 0.6 is 0 Å². The maximum absolute atomic E-state index is 9.39. The monoisotopic (exact) mass is 254 g/mol. The summed E-state index contributed by atoms with van der Waals surface area (Å²) in [6, 6.07) is 7.98. The van der Waals surface area contributed by atoms with Crippen molar-refractivity contribution in [2.45, 2.75) is 6.61 Å². The van der Waals surface area contributed by atoms with Crippen molar-refractivity contribution >= 4 is 16.6 Å². The van der Waals surface area contributed by atoms with Crippen LogP contribution in [-0.4, -0.2) is 23.2 Å². The Bertz CT molecular complexity index is 582. The van der Waals surface area contributed by atoms with E-state index >= 15 is 0 Å². The summed E-state index contributed by atoms with van der Waals surface area (Å²) in [5.74, 6) is 0.896. The predicted octanol–water partition coefficient (Wildman–Crippen LogP) is 2.91. The lowest BCUT2D eigenvalue weighted by Crippen LogP contribution is -2.24. The standard InChI is InChI=1S/C16H18N2O/c1-3-9-18(10-4-2)16-15-8-6-5-7-14(15)13(12-19)11-17-16/h3-8,11,19H,1-2,9-10,12H2. The molecule has 19 heavy (non-hydrogen) atoms. The lowest BCUT2D eigenvalue weighted by atomic mass is 10.1. The Balaban J connectivity index is 2.59. The fraction of sp³-hybridized carbons (Fsp3) is 0.188. The Labute approximate surface area is 113 Å². The van der Waals surface area contributed by atoms with Crippen LogP contribution in [-0.2, 0) is 6.61 Å². The first kappa shape index (κ1) is 13.3. The summed E-state index contributed by atoms with van der Waals surface area (Å²) in [5.41, 5.74) is 0.844. The van der Waals surface area contributed by atoms with Crippen LogP contribution in [0.4, 0.5) is 5.82 Å². The highest BCUT2D eigenvalue weighted by Gasteiger charge is 2.11. The molecular weight excluding hydrogens is 236 g/mol. The van der Waals surface area contributed by atoms with E-state index in [1.807, 2.05) is 36.4 Å². The highest BCUT2D eigenvalue weighted by atomic mass is 16.3. The van der Waals surface area contributed by atoms with E-state index in [2.05, 4.69) is 23.0 Å².